The molecule has 1 saturated heterocycles. The van der Waals surface area contributed by atoms with E-state index < -0.39 is 0 Å². The molecule has 2 aromatic rings. The number of quaternary nitrogens is 1. The molecule has 1 atom stereocenters. The zero-order valence-corrected chi connectivity index (χ0v) is 18.5. The van der Waals surface area contributed by atoms with Gasteiger partial charge in [0.2, 0.25) is 0 Å². The molecule has 2 N–H and O–H groups in total. The van der Waals surface area contributed by atoms with Crippen LogP contribution >= 0.6 is 0 Å². The van der Waals surface area contributed by atoms with Gasteiger partial charge in [0.05, 0.1) is 13.1 Å². The molecule has 1 aromatic carbocycles. The molecule has 152 valence electrons. The van der Waals surface area contributed by atoms with Gasteiger partial charge in [-0.15, -0.1) is 0 Å². The van der Waals surface area contributed by atoms with Crippen LogP contribution in [0, 0.1) is 0 Å². The quantitative estimate of drug-likeness (QED) is 0.819. The van der Waals surface area contributed by atoms with E-state index in [1.165, 1.54) is 37.9 Å². The Morgan fingerprint density at radius 1 is 0.893 bits per heavy atom. The van der Waals surface area contributed by atoms with Gasteiger partial charge in [-0.3, -0.25) is 4.98 Å². The minimum atomic E-state index is -0.119. The number of nitrogens with zero attached hydrogens (tertiary/aromatic N) is 1. The third-order valence-electron chi connectivity index (χ3n) is 5.97. The normalized spacial score (nSPS) is 17.5. The van der Waals surface area contributed by atoms with E-state index in [1.54, 1.807) is 4.90 Å². The van der Waals surface area contributed by atoms with E-state index in [1.807, 2.05) is 12.3 Å². The Morgan fingerprint density at radius 2 is 1.46 bits per heavy atom. The highest BCUT2D eigenvalue weighted by Gasteiger charge is 2.33. The molecule has 2 heterocycles. The van der Waals surface area contributed by atoms with Crippen LogP contribution in [0.2, 0.25) is 0 Å². The van der Waals surface area contributed by atoms with Crippen molar-refractivity contribution in [2.45, 2.75) is 77.7 Å². The number of likely N-dealkylation sites (tertiary alicyclic amines) is 1. The number of piperidine rings is 1. The highest BCUT2D eigenvalue weighted by molar-refractivity contribution is 5.51. The molecule has 1 unspecified atom stereocenters. The second-order valence-corrected chi connectivity index (χ2v) is 10.4. The first-order valence-corrected chi connectivity index (χ1v) is 10.7. The first-order chi connectivity index (χ1) is 13.1. The standard InChI is InChI=1S/C25H36N2O/c1-24(2,3)19-16-18(17-20(23(19)28)25(4,5)6)22(21-12-8-9-13-26-21)27-14-10-7-11-15-27/h8-9,12-13,16-17,22,28H,7,10-11,14-15H2,1-6H3/p+1. The molecule has 0 aliphatic carbocycles. The topological polar surface area (TPSA) is 37.6 Å². The molecule has 1 aromatic heterocycles. The summed E-state index contributed by atoms with van der Waals surface area (Å²) in [6.07, 6.45) is 5.78. The fraction of sp³-hybridized carbons (Fsp3) is 0.560. The van der Waals surface area contributed by atoms with Crippen molar-refractivity contribution >= 4 is 0 Å². The van der Waals surface area contributed by atoms with Gasteiger partial charge >= 0.3 is 0 Å². The molecular formula is C25H37N2O+. The second-order valence-electron chi connectivity index (χ2n) is 10.4. The summed E-state index contributed by atoms with van der Waals surface area (Å²) in [5.74, 6) is 0.456. The Morgan fingerprint density at radius 3 is 1.93 bits per heavy atom. The summed E-state index contributed by atoms with van der Waals surface area (Å²) < 4.78 is 0. The zero-order valence-electron chi connectivity index (χ0n) is 18.5. The number of pyridine rings is 1. The number of phenolic OH excluding ortho intramolecular Hbond substituents is 1. The lowest BCUT2D eigenvalue weighted by atomic mass is 9.77. The lowest BCUT2D eigenvalue weighted by molar-refractivity contribution is -0.930. The Kier molecular flexibility index (Phi) is 5.86. The molecule has 1 fully saturated rings. The van der Waals surface area contributed by atoms with Gasteiger partial charge < -0.3 is 10.0 Å². The van der Waals surface area contributed by atoms with Crippen molar-refractivity contribution in [2.75, 3.05) is 13.1 Å². The Hall–Kier alpha value is -1.87. The van der Waals surface area contributed by atoms with Crippen molar-refractivity contribution in [3.05, 3.63) is 58.9 Å². The number of phenols is 1. The van der Waals surface area contributed by atoms with Gasteiger partial charge in [-0.05, 0) is 54.4 Å². The van der Waals surface area contributed by atoms with Gasteiger partial charge in [0.15, 0.2) is 6.04 Å². The van der Waals surface area contributed by atoms with Crippen LogP contribution in [-0.4, -0.2) is 23.2 Å². The summed E-state index contributed by atoms with van der Waals surface area (Å²) in [6, 6.07) is 10.9. The summed E-state index contributed by atoms with van der Waals surface area (Å²) in [7, 11) is 0. The van der Waals surface area contributed by atoms with Crippen molar-refractivity contribution in [1.29, 1.82) is 0 Å². The SMILES string of the molecule is CC(C)(C)c1cc(C(c2ccccn2)[NH+]2CCCCC2)cc(C(C)(C)C)c1O. The highest BCUT2D eigenvalue weighted by atomic mass is 16.3. The van der Waals surface area contributed by atoms with E-state index in [0.717, 1.165) is 16.8 Å². The summed E-state index contributed by atoms with van der Waals surface area (Å²) in [5.41, 5.74) is 4.24. The average Bonchev–Trinajstić information content (AvgIpc) is 2.63. The molecule has 3 heteroatoms. The van der Waals surface area contributed by atoms with Crippen LogP contribution in [0.1, 0.15) is 89.2 Å². The number of hydrogen-bond donors (Lipinski definition) is 2. The fourth-order valence-electron chi connectivity index (χ4n) is 4.42. The maximum atomic E-state index is 11.1. The molecule has 1 aliphatic rings. The summed E-state index contributed by atoms with van der Waals surface area (Å²) in [6.45, 7) is 15.5. The van der Waals surface area contributed by atoms with E-state index >= 15 is 0 Å². The second kappa shape index (κ2) is 7.87. The molecule has 3 rings (SSSR count). The first kappa shape index (κ1) is 20.9. The van der Waals surface area contributed by atoms with Gasteiger partial charge in [-0.2, -0.15) is 0 Å². The van der Waals surface area contributed by atoms with Gasteiger partial charge in [0.25, 0.3) is 0 Å². The molecule has 28 heavy (non-hydrogen) atoms. The third kappa shape index (κ3) is 4.41. The third-order valence-corrected chi connectivity index (χ3v) is 5.97. The predicted octanol–water partition coefficient (Wildman–Crippen LogP) is 4.54. The van der Waals surface area contributed by atoms with Crippen LogP contribution in [-0.2, 0) is 10.8 Å². The van der Waals surface area contributed by atoms with Crippen molar-refractivity contribution in [3.8, 4) is 5.75 Å². The molecular weight excluding hydrogens is 344 g/mol. The molecule has 0 bridgehead atoms. The Balaban J connectivity index is 2.21. The first-order valence-electron chi connectivity index (χ1n) is 10.7. The number of rotatable bonds is 3. The van der Waals surface area contributed by atoms with E-state index in [9.17, 15) is 5.11 Å². The van der Waals surface area contributed by atoms with Crippen molar-refractivity contribution in [2.24, 2.45) is 0 Å². The van der Waals surface area contributed by atoms with Crippen molar-refractivity contribution in [1.82, 2.24) is 4.98 Å². The van der Waals surface area contributed by atoms with E-state index in [4.69, 9.17) is 4.98 Å². The molecule has 0 amide bonds. The summed E-state index contributed by atoms with van der Waals surface area (Å²) in [5, 5.41) is 11.1. The summed E-state index contributed by atoms with van der Waals surface area (Å²) >= 11 is 0. The lowest BCUT2D eigenvalue weighted by Crippen LogP contribution is -3.13. The molecule has 3 nitrogen and oxygen atoms in total. The number of nitrogens with one attached hydrogen (secondary N) is 1. The minimum absolute atomic E-state index is 0.119. The van der Waals surface area contributed by atoms with E-state index in [-0.39, 0.29) is 16.9 Å². The number of aromatic nitrogens is 1. The number of benzene rings is 1. The average molecular weight is 382 g/mol. The Bertz CT molecular complexity index is 759. The largest absolute Gasteiger partial charge is 0.507 e. The van der Waals surface area contributed by atoms with Crippen molar-refractivity contribution in [3.63, 3.8) is 0 Å². The maximum Gasteiger partial charge on any atom is 0.156 e. The van der Waals surface area contributed by atoms with Gasteiger partial charge in [-0.25, -0.2) is 0 Å². The van der Waals surface area contributed by atoms with Crippen molar-refractivity contribution < 1.29 is 10.0 Å². The summed E-state index contributed by atoms with van der Waals surface area (Å²) in [4.78, 5) is 6.35. The van der Waals surface area contributed by atoms with Gasteiger partial charge in [0.1, 0.15) is 11.4 Å². The van der Waals surface area contributed by atoms with Crippen LogP contribution < -0.4 is 4.90 Å². The van der Waals surface area contributed by atoms with Gasteiger partial charge in [-0.1, -0.05) is 47.6 Å². The lowest BCUT2D eigenvalue weighted by Gasteiger charge is -2.34. The number of hydrogen-bond acceptors (Lipinski definition) is 2. The monoisotopic (exact) mass is 381 g/mol. The van der Waals surface area contributed by atoms with Crippen LogP contribution in [0.3, 0.4) is 0 Å². The molecule has 1 aliphatic heterocycles. The van der Waals surface area contributed by atoms with Crippen LogP contribution in [0.4, 0.5) is 0 Å². The van der Waals surface area contributed by atoms with Gasteiger partial charge in [0, 0.05) is 22.9 Å². The predicted molar refractivity (Wildman–Crippen MR) is 116 cm³/mol. The minimum Gasteiger partial charge on any atom is -0.507 e. The maximum absolute atomic E-state index is 11.1. The Labute approximate surface area is 170 Å². The molecule has 0 saturated carbocycles. The zero-order chi connectivity index (χ0) is 20.5. The van der Waals surface area contributed by atoms with Crippen LogP contribution in [0.15, 0.2) is 36.5 Å². The van der Waals surface area contributed by atoms with E-state index in [2.05, 4.69) is 65.8 Å². The highest BCUT2D eigenvalue weighted by Crippen LogP contribution is 2.41. The smallest absolute Gasteiger partial charge is 0.156 e. The van der Waals surface area contributed by atoms with Crippen LogP contribution in [0.5, 0.6) is 5.75 Å². The fourth-order valence-corrected chi connectivity index (χ4v) is 4.42. The van der Waals surface area contributed by atoms with Crippen LogP contribution in [0.25, 0.3) is 0 Å². The number of aromatic hydroxyl groups is 1. The molecule has 0 spiro atoms. The van der Waals surface area contributed by atoms with E-state index in [0.29, 0.717) is 5.75 Å². The molecule has 0 radical (unpaired) electrons.